The molecule has 2 aromatic rings. The van der Waals surface area contributed by atoms with Crippen molar-refractivity contribution in [2.24, 2.45) is 0 Å². The van der Waals surface area contributed by atoms with E-state index in [2.05, 4.69) is 0 Å². The Labute approximate surface area is 114 Å². The summed E-state index contributed by atoms with van der Waals surface area (Å²) in [7, 11) is 0. The smallest absolute Gasteiger partial charge is 0.141 e. The lowest BCUT2D eigenvalue weighted by Gasteiger charge is -2.05. The summed E-state index contributed by atoms with van der Waals surface area (Å²) in [5.41, 5.74) is 0.545. The molecule has 0 heterocycles. The highest BCUT2D eigenvalue weighted by atomic mass is 35.5. The number of hydrogen-bond donors (Lipinski definition) is 0. The summed E-state index contributed by atoms with van der Waals surface area (Å²) in [4.78, 5) is 11.8. The van der Waals surface area contributed by atoms with E-state index < -0.39 is 11.6 Å². The lowest BCUT2D eigenvalue weighted by Crippen LogP contribution is -2.09. The third-order valence-corrected chi connectivity index (χ3v) is 2.96. The quantitative estimate of drug-likeness (QED) is 0.828. The van der Waals surface area contributed by atoms with E-state index >= 15 is 0 Å². The molecule has 98 valence electrons. The third-order valence-electron chi connectivity index (χ3n) is 2.73. The van der Waals surface area contributed by atoms with E-state index in [1.54, 1.807) is 24.3 Å². The summed E-state index contributed by atoms with van der Waals surface area (Å²) >= 11 is 5.81. The van der Waals surface area contributed by atoms with Crippen LogP contribution < -0.4 is 0 Å². The first kappa shape index (κ1) is 13.7. The lowest BCUT2D eigenvalue weighted by atomic mass is 10.0. The molecule has 0 aliphatic carbocycles. The minimum Gasteiger partial charge on any atom is -0.299 e. The molecule has 2 aromatic carbocycles. The Kier molecular flexibility index (Phi) is 4.27. The average molecular weight is 281 g/mol. The van der Waals surface area contributed by atoms with Gasteiger partial charge in [0.25, 0.3) is 0 Å². The number of benzene rings is 2. The molecule has 0 aliphatic heterocycles. The molecule has 0 saturated heterocycles. The Morgan fingerprint density at radius 2 is 1.63 bits per heavy atom. The van der Waals surface area contributed by atoms with Crippen LogP contribution in [0.1, 0.15) is 11.1 Å². The molecule has 0 radical (unpaired) electrons. The highest BCUT2D eigenvalue weighted by Gasteiger charge is 2.13. The first-order chi connectivity index (χ1) is 9.06. The molecule has 1 nitrogen and oxygen atoms in total. The van der Waals surface area contributed by atoms with Gasteiger partial charge in [-0.3, -0.25) is 4.79 Å². The number of hydrogen-bond acceptors (Lipinski definition) is 1. The molecular formula is C15H11ClF2O. The topological polar surface area (TPSA) is 17.1 Å². The first-order valence-electron chi connectivity index (χ1n) is 5.75. The molecule has 0 aliphatic rings. The molecule has 4 heteroatoms. The van der Waals surface area contributed by atoms with Crippen LogP contribution in [-0.4, -0.2) is 5.78 Å². The number of halogens is 3. The van der Waals surface area contributed by atoms with Crippen LogP contribution in [0.3, 0.4) is 0 Å². The van der Waals surface area contributed by atoms with Crippen molar-refractivity contribution in [3.8, 4) is 0 Å². The molecule has 0 bridgehead atoms. The minimum atomic E-state index is -0.695. The maximum absolute atomic E-state index is 13.4. The van der Waals surface area contributed by atoms with E-state index in [-0.39, 0.29) is 24.2 Å². The zero-order valence-electron chi connectivity index (χ0n) is 10.00. The number of Topliss-reactive ketones (excluding diaryl/α,β-unsaturated/α-hetero) is 1. The Morgan fingerprint density at radius 1 is 1.00 bits per heavy atom. The van der Waals surface area contributed by atoms with Crippen LogP contribution in [0.25, 0.3) is 0 Å². The monoisotopic (exact) mass is 280 g/mol. The normalized spacial score (nSPS) is 10.5. The summed E-state index contributed by atoms with van der Waals surface area (Å²) in [5.74, 6) is -1.65. The van der Waals surface area contributed by atoms with E-state index in [0.717, 1.165) is 17.7 Å². The molecule has 0 unspecified atom stereocenters. The van der Waals surface area contributed by atoms with Crippen molar-refractivity contribution in [1.82, 2.24) is 0 Å². The van der Waals surface area contributed by atoms with E-state index in [1.165, 1.54) is 6.07 Å². The van der Waals surface area contributed by atoms with Gasteiger partial charge in [-0.15, -0.1) is 0 Å². The van der Waals surface area contributed by atoms with Gasteiger partial charge < -0.3 is 0 Å². The van der Waals surface area contributed by atoms with Gasteiger partial charge in [0.2, 0.25) is 0 Å². The van der Waals surface area contributed by atoms with Gasteiger partial charge in [-0.05, 0) is 29.8 Å². The number of carbonyl (C=O) groups is 1. The van der Waals surface area contributed by atoms with Crippen molar-refractivity contribution in [3.63, 3.8) is 0 Å². The van der Waals surface area contributed by atoms with Crippen molar-refractivity contribution < 1.29 is 13.6 Å². The molecule has 0 spiro atoms. The molecule has 0 saturated carbocycles. The maximum atomic E-state index is 13.4. The second-order valence-corrected chi connectivity index (χ2v) is 4.66. The van der Waals surface area contributed by atoms with Gasteiger partial charge in [-0.2, -0.15) is 0 Å². The third kappa shape index (κ3) is 3.61. The van der Waals surface area contributed by atoms with Crippen molar-refractivity contribution in [1.29, 1.82) is 0 Å². The van der Waals surface area contributed by atoms with Crippen LogP contribution in [0, 0.1) is 11.6 Å². The van der Waals surface area contributed by atoms with Crippen LogP contribution in [0.5, 0.6) is 0 Å². The van der Waals surface area contributed by atoms with Gasteiger partial charge in [0.15, 0.2) is 0 Å². The predicted molar refractivity (Wildman–Crippen MR) is 70.2 cm³/mol. The number of ketones is 1. The molecule has 2 rings (SSSR count). The fourth-order valence-electron chi connectivity index (χ4n) is 1.84. The SMILES string of the molecule is O=C(Cc1cccc(Cl)c1)Cc1c(F)cccc1F. The zero-order chi connectivity index (χ0) is 13.8. The highest BCUT2D eigenvalue weighted by Crippen LogP contribution is 2.15. The van der Waals surface area contributed by atoms with Crippen molar-refractivity contribution >= 4 is 17.4 Å². The van der Waals surface area contributed by atoms with Crippen LogP contribution in [-0.2, 0) is 17.6 Å². The second-order valence-electron chi connectivity index (χ2n) is 4.22. The van der Waals surface area contributed by atoms with E-state index in [4.69, 9.17) is 11.6 Å². The van der Waals surface area contributed by atoms with Crippen molar-refractivity contribution in [2.45, 2.75) is 12.8 Å². The van der Waals surface area contributed by atoms with Crippen LogP contribution in [0.15, 0.2) is 42.5 Å². The summed E-state index contributed by atoms with van der Waals surface area (Å²) in [6.07, 6.45) is -0.153. The van der Waals surface area contributed by atoms with E-state index in [1.807, 2.05) is 0 Å². The lowest BCUT2D eigenvalue weighted by molar-refractivity contribution is -0.117. The standard InChI is InChI=1S/C15H11ClF2O/c16-11-4-1-3-10(7-11)8-12(19)9-13-14(17)5-2-6-15(13)18/h1-7H,8-9H2. The molecule has 0 aromatic heterocycles. The molecule has 0 fully saturated rings. The minimum absolute atomic E-state index is 0.105. The summed E-state index contributed by atoms with van der Waals surface area (Å²) < 4.78 is 26.8. The first-order valence-corrected chi connectivity index (χ1v) is 6.13. The van der Waals surface area contributed by atoms with Gasteiger partial charge in [-0.25, -0.2) is 8.78 Å². The fourth-order valence-corrected chi connectivity index (χ4v) is 2.05. The van der Waals surface area contributed by atoms with E-state index in [0.29, 0.717) is 5.02 Å². The highest BCUT2D eigenvalue weighted by molar-refractivity contribution is 6.30. The van der Waals surface area contributed by atoms with Crippen molar-refractivity contribution in [2.75, 3.05) is 0 Å². The van der Waals surface area contributed by atoms with Crippen LogP contribution >= 0.6 is 11.6 Å². The Bertz CT molecular complexity index is 591. The van der Waals surface area contributed by atoms with Gasteiger partial charge in [0.05, 0.1) is 0 Å². The molecular weight excluding hydrogens is 270 g/mol. The zero-order valence-corrected chi connectivity index (χ0v) is 10.8. The molecule has 0 amide bonds. The Balaban J connectivity index is 2.10. The largest absolute Gasteiger partial charge is 0.299 e. The molecule has 0 atom stereocenters. The molecule has 0 N–H and O–H groups in total. The van der Waals surface area contributed by atoms with Gasteiger partial charge in [0, 0.05) is 23.4 Å². The predicted octanol–water partition coefficient (Wildman–Crippen LogP) is 3.97. The number of rotatable bonds is 4. The second kappa shape index (κ2) is 5.93. The van der Waals surface area contributed by atoms with Gasteiger partial charge >= 0.3 is 0 Å². The maximum Gasteiger partial charge on any atom is 0.141 e. The molecule has 19 heavy (non-hydrogen) atoms. The van der Waals surface area contributed by atoms with Gasteiger partial charge in [0.1, 0.15) is 17.4 Å². The summed E-state index contributed by atoms with van der Waals surface area (Å²) in [6.45, 7) is 0. The summed E-state index contributed by atoms with van der Waals surface area (Å²) in [5, 5.41) is 0.530. The van der Waals surface area contributed by atoms with Crippen LogP contribution in [0.4, 0.5) is 8.78 Å². The van der Waals surface area contributed by atoms with Crippen LogP contribution in [0.2, 0.25) is 5.02 Å². The summed E-state index contributed by atoms with van der Waals surface area (Å²) in [6, 6.07) is 10.4. The van der Waals surface area contributed by atoms with E-state index in [9.17, 15) is 13.6 Å². The number of carbonyl (C=O) groups excluding carboxylic acids is 1. The fraction of sp³-hybridized carbons (Fsp3) is 0.133. The van der Waals surface area contributed by atoms with Gasteiger partial charge in [-0.1, -0.05) is 29.8 Å². The average Bonchev–Trinajstić information content (AvgIpc) is 2.34. The Morgan fingerprint density at radius 3 is 2.26 bits per heavy atom. The Hall–Kier alpha value is -1.74. The van der Waals surface area contributed by atoms with Crippen molar-refractivity contribution in [3.05, 3.63) is 70.2 Å².